The molecule has 2 aliphatic heterocycles. The summed E-state index contributed by atoms with van der Waals surface area (Å²) in [7, 11) is 0. The molecule has 4 unspecified atom stereocenters. The van der Waals surface area contributed by atoms with E-state index >= 15 is 0 Å². The molecule has 3 rings (SSSR count). The van der Waals surface area contributed by atoms with Crippen molar-refractivity contribution in [3.05, 3.63) is 61.8 Å². The van der Waals surface area contributed by atoms with Crippen molar-refractivity contribution >= 4 is 11.9 Å². The summed E-state index contributed by atoms with van der Waals surface area (Å²) in [4.78, 5) is 19.2. The number of ether oxygens (including phenoxy) is 2. The quantitative estimate of drug-likeness (QED) is 0.465. The van der Waals surface area contributed by atoms with Crippen LogP contribution in [0.2, 0.25) is 0 Å². The van der Waals surface area contributed by atoms with Gasteiger partial charge in [0.2, 0.25) is 0 Å². The molecule has 2 fully saturated rings. The fourth-order valence-electron chi connectivity index (χ4n) is 2.14. The van der Waals surface area contributed by atoms with Crippen LogP contribution in [-0.2, 0) is 19.1 Å². The van der Waals surface area contributed by atoms with Gasteiger partial charge in [-0.25, -0.2) is 9.59 Å². The zero-order valence-corrected chi connectivity index (χ0v) is 13.8. The first-order valence-electron chi connectivity index (χ1n) is 7.16. The second-order valence-electron chi connectivity index (χ2n) is 5.65. The van der Waals surface area contributed by atoms with Gasteiger partial charge in [-0.05, 0) is 19.9 Å². The van der Waals surface area contributed by atoms with Crippen molar-refractivity contribution in [2.75, 3.05) is 0 Å². The molecule has 2 saturated heterocycles. The first-order chi connectivity index (χ1) is 11.1. The number of epoxide rings is 2. The number of carboxylic acids is 2. The van der Waals surface area contributed by atoms with E-state index in [1.807, 2.05) is 24.3 Å². The average molecular weight is 334 g/mol. The standard InChI is InChI=1S/C10H10O2.2C4H6O2/c1-3-9-6-5-7-8(11-7)10(9,4-2)12-9;2*1-3(2)4(5)6/h3-8H,1-2H2;2*1H2,2H3,(H,5,6). The lowest BCUT2D eigenvalue weighted by Gasteiger charge is -2.10. The van der Waals surface area contributed by atoms with Crippen molar-refractivity contribution in [2.45, 2.75) is 37.3 Å². The summed E-state index contributed by atoms with van der Waals surface area (Å²) in [5.41, 5.74) is -0.259. The summed E-state index contributed by atoms with van der Waals surface area (Å²) in [6.45, 7) is 16.7. The molecule has 130 valence electrons. The summed E-state index contributed by atoms with van der Waals surface area (Å²) < 4.78 is 11.1. The Morgan fingerprint density at radius 1 is 1.08 bits per heavy atom. The first kappa shape index (κ1) is 19.6. The Labute approximate surface area is 141 Å². The predicted octanol–water partition coefficient (Wildman–Crippen LogP) is 2.50. The van der Waals surface area contributed by atoms with E-state index in [1.54, 1.807) is 0 Å². The Balaban J connectivity index is 0.000000207. The van der Waals surface area contributed by atoms with E-state index in [-0.39, 0.29) is 34.6 Å². The number of rotatable bonds is 4. The Morgan fingerprint density at radius 2 is 1.54 bits per heavy atom. The minimum atomic E-state index is -0.935. The number of aliphatic carboxylic acids is 2. The maximum Gasteiger partial charge on any atom is 0.330 e. The van der Waals surface area contributed by atoms with Crippen molar-refractivity contribution in [1.29, 1.82) is 0 Å². The zero-order chi connectivity index (χ0) is 18.7. The van der Waals surface area contributed by atoms with Crippen LogP contribution in [0.4, 0.5) is 0 Å². The first-order valence-corrected chi connectivity index (χ1v) is 7.16. The van der Waals surface area contributed by atoms with Crippen LogP contribution in [0.15, 0.2) is 61.8 Å². The van der Waals surface area contributed by atoms with E-state index in [0.29, 0.717) is 0 Å². The van der Waals surface area contributed by atoms with Gasteiger partial charge in [0.1, 0.15) is 17.8 Å². The van der Waals surface area contributed by atoms with E-state index in [1.165, 1.54) is 13.8 Å². The molecule has 1 aliphatic carbocycles. The highest BCUT2D eigenvalue weighted by atomic mass is 16.7. The molecular formula is C18H22O6. The van der Waals surface area contributed by atoms with Gasteiger partial charge in [-0.3, -0.25) is 0 Å². The maximum atomic E-state index is 9.60. The molecule has 2 N–H and O–H groups in total. The van der Waals surface area contributed by atoms with Gasteiger partial charge in [0, 0.05) is 11.1 Å². The van der Waals surface area contributed by atoms with E-state index in [0.717, 1.165) is 0 Å². The lowest BCUT2D eigenvalue weighted by Crippen LogP contribution is -2.30. The number of hydrogen-bond donors (Lipinski definition) is 2. The highest BCUT2D eigenvalue weighted by Gasteiger charge is 2.77. The molecule has 0 bridgehead atoms. The third kappa shape index (κ3) is 3.72. The smallest absolute Gasteiger partial charge is 0.330 e. The Morgan fingerprint density at radius 3 is 1.88 bits per heavy atom. The van der Waals surface area contributed by atoms with Crippen LogP contribution in [0.25, 0.3) is 0 Å². The van der Waals surface area contributed by atoms with Gasteiger partial charge in [-0.1, -0.05) is 44.5 Å². The van der Waals surface area contributed by atoms with Crippen molar-refractivity contribution in [3.8, 4) is 0 Å². The highest BCUT2D eigenvalue weighted by molar-refractivity contribution is 5.85. The van der Waals surface area contributed by atoms with Gasteiger partial charge in [0.25, 0.3) is 0 Å². The molecule has 0 aromatic heterocycles. The molecule has 0 saturated carbocycles. The summed E-state index contributed by atoms with van der Waals surface area (Å²) in [5.74, 6) is -1.87. The molecule has 3 aliphatic rings. The summed E-state index contributed by atoms with van der Waals surface area (Å²) in [6.07, 6.45) is 8.15. The third-order valence-electron chi connectivity index (χ3n) is 3.73. The van der Waals surface area contributed by atoms with E-state index < -0.39 is 11.9 Å². The number of fused-ring (bicyclic) bond motifs is 3. The van der Waals surface area contributed by atoms with Crippen LogP contribution in [0.3, 0.4) is 0 Å². The summed E-state index contributed by atoms with van der Waals surface area (Å²) in [5, 5.41) is 15.8. The van der Waals surface area contributed by atoms with Crippen LogP contribution < -0.4 is 0 Å². The molecule has 2 heterocycles. The Bertz CT molecular complexity index is 583. The highest BCUT2D eigenvalue weighted by Crippen LogP contribution is 2.62. The predicted molar refractivity (Wildman–Crippen MR) is 89.6 cm³/mol. The van der Waals surface area contributed by atoms with E-state index in [4.69, 9.17) is 19.7 Å². The van der Waals surface area contributed by atoms with E-state index in [9.17, 15) is 9.59 Å². The monoisotopic (exact) mass is 334 g/mol. The maximum absolute atomic E-state index is 9.60. The van der Waals surface area contributed by atoms with Gasteiger partial charge in [0.05, 0.1) is 0 Å². The van der Waals surface area contributed by atoms with E-state index in [2.05, 4.69) is 26.3 Å². The fourth-order valence-corrected chi connectivity index (χ4v) is 2.14. The molecule has 24 heavy (non-hydrogen) atoms. The minimum absolute atomic E-state index is 0.176. The number of hydrogen-bond acceptors (Lipinski definition) is 4. The van der Waals surface area contributed by atoms with Crippen LogP contribution in [-0.4, -0.2) is 45.6 Å². The molecule has 0 aromatic rings. The molecule has 0 spiro atoms. The minimum Gasteiger partial charge on any atom is -0.478 e. The molecule has 6 heteroatoms. The zero-order valence-electron chi connectivity index (χ0n) is 13.8. The molecule has 4 atom stereocenters. The topological polar surface area (TPSA) is 99.7 Å². The summed E-state index contributed by atoms with van der Waals surface area (Å²) in [6, 6.07) is 0. The Kier molecular flexibility index (Phi) is 5.71. The van der Waals surface area contributed by atoms with Gasteiger partial charge in [0.15, 0.2) is 5.60 Å². The second kappa shape index (κ2) is 6.98. The van der Waals surface area contributed by atoms with Gasteiger partial charge < -0.3 is 19.7 Å². The van der Waals surface area contributed by atoms with Crippen molar-refractivity contribution < 1.29 is 29.3 Å². The van der Waals surface area contributed by atoms with Gasteiger partial charge in [-0.2, -0.15) is 0 Å². The second-order valence-corrected chi connectivity index (χ2v) is 5.65. The molecule has 0 amide bonds. The normalized spacial score (nSPS) is 32.9. The summed E-state index contributed by atoms with van der Waals surface area (Å²) >= 11 is 0. The van der Waals surface area contributed by atoms with Crippen molar-refractivity contribution in [3.63, 3.8) is 0 Å². The van der Waals surface area contributed by atoms with Gasteiger partial charge in [-0.15, -0.1) is 0 Å². The van der Waals surface area contributed by atoms with Crippen LogP contribution in [0, 0.1) is 0 Å². The lowest BCUT2D eigenvalue weighted by atomic mass is 9.84. The van der Waals surface area contributed by atoms with Crippen LogP contribution >= 0.6 is 0 Å². The number of carboxylic acid groups (broad SMARTS) is 2. The van der Waals surface area contributed by atoms with Crippen LogP contribution in [0.5, 0.6) is 0 Å². The SMILES string of the molecule is C=C(C)C(=O)O.C=C(C)C(=O)O.C=CC12C=CC3OC3C1(C=C)O2. The van der Waals surface area contributed by atoms with Crippen molar-refractivity contribution in [2.24, 2.45) is 0 Å². The molecular weight excluding hydrogens is 312 g/mol. The largest absolute Gasteiger partial charge is 0.478 e. The van der Waals surface area contributed by atoms with Gasteiger partial charge >= 0.3 is 11.9 Å². The average Bonchev–Trinajstić information content (AvgIpc) is 3.39. The molecule has 0 radical (unpaired) electrons. The Hall–Kier alpha value is -2.44. The van der Waals surface area contributed by atoms with Crippen LogP contribution in [0.1, 0.15) is 13.8 Å². The fraction of sp³-hybridized carbons (Fsp3) is 0.333. The third-order valence-corrected chi connectivity index (χ3v) is 3.73. The van der Waals surface area contributed by atoms with Crippen molar-refractivity contribution in [1.82, 2.24) is 0 Å². The lowest BCUT2D eigenvalue weighted by molar-refractivity contribution is -0.133. The molecule has 0 aromatic carbocycles. The molecule has 6 nitrogen and oxygen atoms in total. The number of carbonyl (C=O) groups is 2.